The zero-order valence-corrected chi connectivity index (χ0v) is 6.58. The summed E-state index contributed by atoms with van der Waals surface area (Å²) in [5, 5.41) is 17.1. The average Bonchev–Trinajstić information content (AvgIpc) is 1.99. The molecule has 2 N–H and O–H groups in total. The van der Waals surface area contributed by atoms with Gasteiger partial charge >= 0.3 is 0 Å². The minimum atomic E-state index is -1.01. The summed E-state index contributed by atoms with van der Waals surface area (Å²) in [4.78, 5) is 0. The van der Waals surface area contributed by atoms with Crippen LogP contribution >= 0.6 is 0 Å². The van der Waals surface area contributed by atoms with Crippen LogP contribution in [0.5, 0.6) is 0 Å². The summed E-state index contributed by atoms with van der Waals surface area (Å²) in [7, 11) is 0. The zero-order chi connectivity index (χ0) is 7.98. The van der Waals surface area contributed by atoms with Crippen LogP contribution < -0.4 is 0 Å². The molecule has 0 aromatic rings. The molecule has 0 aromatic carbocycles. The van der Waals surface area contributed by atoms with E-state index >= 15 is 0 Å². The Bertz CT molecular complexity index is 65.3. The van der Waals surface area contributed by atoms with Gasteiger partial charge in [0.25, 0.3) is 0 Å². The lowest BCUT2D eigenvalue weighted by Gasteiger charge is -2.12. The van der Waals surface area contributed by atoms with Crippen LogP contribution in [0.3, 0.4) is 0 Å². The topological polar surface area (TPSA) is 49.7 Å². The Balaban J connectivity index is 3.17. The fraction of sp³-hybridized carbons (Fsp3) is 1.00. The van der Waals surface area contributed by atoms with E-state index in [1.807, 2.05) is 6.92 Å². The van der Waals surface area contributed by atoms with Crippen LogP contribution in [0.4, 0.5) is 0 Å². The maximum absolute atomic E-state index is 8.73. The van der Waals surface area contributed by atoms with Crippen molar-refractivity contribution in [3.05, 3.63) is 0 Å². The van der Waals surface area contributed by atoms with Crippen molar-refractivity contribution in [2.45, 2.75) is 26.6 Å². The van der Waals surface area contributed by atoms with Crippen molar-refractivity contribution in [2.24, 2.45) is 5.92 Å². The maximum Gasteiger partial charge on any atom is 0.177 e. The SMILES string of the molecule is CCC(C)COC(O)CO. The molecule has 0 fully saturated rings. The van der Waals surface area contributed by atoms with Gasteiger partial charge in [0.15, 0.2) is 6.29 Å². The smallest absolute Gasteiger partial charge is 0.177 e. The third kappa shape index (κ3) is 4.73. The van der Waals surface area contributed by atoms with Gasteiger partial charge in [-0.2, -0.15) is 0 Å². The third-order valence-electron chi connectivity index (χ3n) is 1.43. The molecule has 3 nitrogen and oxygen atoms in total. The molecule has 0 bridgehead atoms. The van der Waals surface area contributed by atoms with Crippen LogP contribution in [0.1, 0.15) is 20.3 Å². The molecule has 0 amide bonds. The summed E-state index contributed by atoms with van der Waals surface area (Å²) in [6.07, 6.45) is 0.0204. The Morgan fingerprint density at radius 2 is 2.10 bits per heavy atom. The van der Waals surface area contributed by atoms with Gasteiger partial charge < -0.3 is 14.9 Å². The summed E-state index contributed by atoms with van der Waals surface area (Å²) in [5.74, 6) is 0.446. The van der Waals surface area contributed by atoms with Gasteiger partial charge in [0.05, 0.1) is 13.2 Å². The molecule has 62 valence electrons. The Labute approximate surface area is 61.6 Å². The van der Waals surface area contributed by atoms with Crippen molar-refractivity contribution in [3.63, 3.8) is 0 Å². The Morgan fingerprint density at radius 3 is 2.50 bits per heavy atom. The van der Waals surface area contributed by atoms with E-state index in [0.717, 1.165) is 6.42 Å². The van der Waals surface area contributed by atoms with Gasteiger partial charge in [-0.15, -0.1) is 0 Å². The molecule has 2 unspecified atom stereocenters. The first-order chi connectivity index (χ1) is 4.70. The van der Waals surface area contributed by atoms with Gasteiger partial charge in [0, 0.05) is 0 Å². The van der Waals surface area contributed by atoms with Gasteiger partial charge in [-0.05, 0) is 5.92 Å². The van der Waals surface area contributed by atoms with E-state index in [0.29, 0.717) is 12.5 Å². The highest BCUT2D eigenvalue weighted by Gasteiger charge is 2.03. The van der Waals surface area contributed by atoms with Crippen molar-refractivity contribution in [3.8, 4) is 0 Å². The van der Waals surface area contributed by atoms with Crippen molar-refractivity contribution in [1.29, 1.82) is 0 Å². The largest absolute Gasteiger partial charge is 0.391 e. The average molecular weight is 148 g/mol. The van der Waals surface area contributed by atoms with Crippen LogP contribution in [0.25, 0.3) is 0 Å². The number of hydrogen-bond donors (Lipinski definition) is 2. The Morgan fingerprint density at radius 1 is 1.50 bits per heavy atom. The molecule has 0 rings (SSSR count). The summed E-state index contributed by atoms with van der Waals surface area (Å²) < 4.78 is 4.85. The van der Waals surface area contributed by atoms with E-state index in [1.165, 1.54) is 0 Å². The van der Waals surface area contributed by atoms with E-state index in [2.05, 4.69) is 6.92 Å². The molecule has 0 aliphatic heterocycles. The van der Waals surface area contributed by atoms with Crippen LogP contribution in [0.2, 0.25) is 0 Å². The molecule has 0 aromatic heterocycles. The van der Waals surface area contributed by atoms with E-state index in [4.69, 9.17) is 14.9 Å². The van der Waals surface area contributed by atoms with Gasteiger partial charge in [-0.1, -0.05) is 20.3 Å². The standard InChI is InChI=1S/C7H16O3/c1-3-6(2)5-10-7(9)4-8/h6-9H,3-5H2,1-2H3. The molecule has 0 saturated heterocycles. The molecule has 3 heteroatoms. The number of aliphatic hydroxyl groups is 2. The quantitative estimate of drug-likeness (QED) is 0.553. The van der Waals surface area contributed by atoms with Crippen molar-refractivity contribution < 1.29 is 14.9 Å². The van der Waals surface area contributed by atoms with Crippen molar-refractivity contribution >= 4 is 0 Å². The van der Waals surface area contributed by atoms with Crippen LogP contribution in [-0.4, -0.2) is 29.7 Å². The molecule has 0 spiro atoms. The highest BCUT2D eigenvalue weighted by molar-refractivity contribution is 4.46. The molecule has 0 heterocycles. The number of aliphatic hydroxyl groups excluding tert-OH is 2. The second kappa shape index (κ2) is 5.65. The highest BCUT2D eigenvalue weighted by atomic mass is 16.6. The normalized spacial score (nSPS) is 16.8. The molecule has 0 saturated carbocycles. The molecule has 10 heavy (non-hydrogen) atoms. The highest BCUT2D eigenvalue weighted by Crippen LogP contribution is 2.01. The summed E-state index contributed by atoms with van der Waals surface area (Å²) >= 11 is 0. The summed E-state index contributed by atoms with van der Waals surface area (Å²) in [6, 6.07) is 0. The molecule has 0 aliphatic rings. The number of hydrogen-bond acceptors (Lipinski definition) is 3. The predicted octanol–water partition coefficient (Wildman–Crippen LogP) is 0.360. The fourth-order valence-corrected chi connectivity index (χ4v) is 0.446. The lowest BCUT2D eigenvalue weighted by Crippen LogP contribution is -2.19. The minimum Gasteiger partial charge on any atom is -0.391 e. The predicted molar refractivity (Wildman–Crippen MR) is 38.5 cm³/mol. The lowest BCUT2D eigenvalue weighted by atomic mass is 10.1. The second-order valence-electron chi connectivity index (χ2n) is 2.48. The van der Waals surface area contributed by atoms with Gasteiger partial charge in [0.2, 0.25) is 0 Å². The van der Waals surface area contributed by atoms with Crippen LogP contribution in [0, 0.1) is 5.92 Å². The zero-order valence-electron chi connectivity index (χ0n) is 6.58. The monoisotopic (exact) mass is 148 g/mol. The van der Waals surface area contributed by atoms with Crippen molar-refractivity contribution in [2.75, 3.05) is 13.2 Å². The number of ether oxygens (including phenoxy) is 1. The molecular weight excluding hydrogens is 132 g/mol. The molecular formula is C7H16O3. The van der Waals surface area contributed by atoms with Crippen LogP contribution in [0.15, 0.2) is 0 Å². The maximum atomic E-state index is 8.73. The first-order valence-electron chi connectivity index (χ1n) is 3.61. The molecule has 0 aliphatic carbocycles. The second-order valence-corrected chi connectivity index (χ2v) is 2.48. The van der Waals surface area contributed by atoms with Crippen LogP contribution in [-0.2, 0) is 4.74 Å². The fourth-order valence-electron chi connectivity index (χ4n) is 0.446. The first kappa shape index (κ1) is 9.88. The van der Waals surface area contributed by atoms with Gasteiger partial charge in [-0.3, -0.25) is 0 Å². The number of rotatable bonds is 5. The minimum absolute atomic E-state index is 0.323. The summed E-state index contributed by atoms with van der Waals surface area (Å²) in [5.41, 5.74) is 0. The summed E-state index contributed by atoms with van der Waals surface area (Å²) in [6.45, 7) is 4.28. The Hall–Kier alpha value is -0.120. The van der Waals surface area contributed by atoms with E-state index < -0.39 is 6.29 Å². The van der Waals surface area contributed by atoms with Gasteiger partial charge in [-0.25, -0.2) is 0 Å². The van der Waals surface area contributed by atoms with E-state index in [1.54, 1.807) is 0 Å². The molecule has 0 radical (unpaired) electrons. The third-order valence-corrected chi connectivity index (χ3v) is 1.43. The van der Waals surface area contributed by atoms with E-state index in [9.17, 15) is 0 Å². The lowest BCUT2D eigenvalue weighted by molar-refractivity contribution is -0.132. The Kier molecular flexibility index (Phi) is 5.58. The molecule has 2 atom stereocenters. The first-order valence-corrected chi connectivity index (χ1v) is 3.61. The van der Waals surface area contributed by atoms with Crippen molar-refractivity contribution in [1.82, 2.24) is 0 Å². The van der Waals surface area contributed by atoms with E-state index in [-0.39, 0.29) is 6.61 Å². The van der Waals surface area contributed by atoms with Gasteiger partial charge in [0.1, 0.15) is 0 Å².